The van der Waals surface area contributed by atoms with Crippen molar-refractivity contribution < 1.29 is 0 Å². The Morgan fingerprint density at radius 2 is 2.06 bits per heavy atom. The molecule has 0 radical (unpaired) electrons. The summed E-state index contributed by atoms with van der Waals surface area (Å²) in [5.74, 6) is 0. The van der Waals surface area contributed by atoms with Gasteiger partial charge in [-0.25, -0.2) is 0 Å². The molecule has 98 valence electrons. The van der Waals surface area contributed by atoms with Crippen LogP contribution in [0.1, 0.15) is 12.0 Å². The molecule has 2 N–H and O–H groups in total. The molecule has 1 aromatic carbocycles. The summed E-state index contributed by atoms with van der Waals surface area (Å²) in [6.07, 6.45) is 1.14. The molecular formula is C13H18ClN3S. The topological polar surface area (TPSA) is 32.5 Å². The number of benzene rings is 1. The summed E-state index contributed by atoms with van der Waals surface area (Å²) in [5, 5.41) is 0.637. The second-order valence-electron chi connectivity index (χ2n) is 4.64. The van der Waals surface area contributed by atoms with Gasteiger partial charge in [0, 0.05) is 25.3 Å². The van der Waals surface area contributed by atoms with Gasteiger partial charge < -0.3 is 15.5 Å². The number of hydrogen-bond acceptors (Lipinski definition) is 3. The highest BCUT2D eigenvalue weighted by atomic mass is 35.5. The monoisotopic (exact) mass is 283 g/mol. The molecule has 3 nitrogen and oxygen atoms in total. The lowest BCUT2D eigenvalue weighted by molar-refractivity contribution is 0.360. The van der Waals surface area contributed by atoms with Gasteiger partial charge in [-0.1, -0.05) is 29.9 Å². The molecule has 0 spiro atoms. The van der Waals surface area contributed by atoms with Crippen molar-refractivity contribution in [2.24, 2.45) is 5.73 Å². The lowest BCUT2D eigenvalue weighted by atomic mass is 10.1. The van der Waals surface area contributed by atoms with Crippen molar-refractivity contribution in [2.75, 3.05) is 38.1 Å². The van der Waals surface area contributed by atoms with E-state index in [2.05, 4.69) is 16.8 Å². The zero-order valence-corrected chi connectivity index (χ0v) is 12.1. The summed E-state index contributed by atoms with van der Waals surface area (Å²) in [6.45, 7) is 4.16. The molecule has 0 aromatic heterocycles. The summed E-state index contributed by atoms with van der Waals surface area (Å²) in [5.41, 5.74) is 7.66. The highest BCUT2D eigenvalue weighted by molar-refractivity contribution is 7.80. The Balaban J connectivity index is 2.32. The molecule has 0 amide bonds. The van der Waals surface area contributed by atoms with Gasteiger partial charge in [0.1, 0.15) is 4.99 Å². The van der Waals surface area contributed by atoms with E-state index in [4.69, 9.17) is 29.6 Å². The van der Waals surface area contributed by atoms with Gasteiger partial charge in [-0.2, -0.15) is 0 Å². The molecule has 0 aliphatic carbocycles. The van der Waals surface area contributed by atoms with E-state index in [0.717, 1.165) is 43.9 Å². The number of rotatable bonds is 2. The van der Waals surface area contributed by atoms with Crippen LogP contribution in [0.25, 0.3) is 0 Å². The third kappa shape index (κ3) is 2.94. The van der Waals surface area contributed by atoms with Gasteiger partial charge in [-0.05, 0) is 32.1 Å². The van der Waals surface area contributed by atoms with Crippen LogP contribution in [0.2, 0.25) is 5.02 Å². The minimum Gasteiger partial charge on any atom is -0.389 e. The zero-order chi connectivity index (χ0) is 13.1. The second kappa shape index (κ2) is 5.87. The quantitative estimate of drug-likeness (QED) is 0.843. The van der Waals surface area contributed by atoms with E-state index in [0.29, 0.717) is 10.0 Å². The Labute approximate surface area is 119 Å². The van der Waals surface area contributed by atoms with Crippen LogP contribution < -0.4 is 10.6 Å². The van der Waals surface area contributed by atoms with E-state index >= 15 is 0 Å². The summed E-state index contributed by atoms with van der Waals surface area (Å²) in [6, 6.07) is 5.84. The maximum Gasteiger partial charge on any atom is 0.107 e. The first kappa shape index (κ1) is 13.6. The number of likely N-dealkylation sites (N-methyl/N-ethyl adjacent to an activating group) is 1. The Morgan fingerprint density at radius 3 is 2.78 bits per heavy atom. The van der Waals surface area contributed by atoms with Gasteiger partial charge in [-0.15, -0.1) is 0 Å². The molecule has 0 bridgehead atoms. The first-order valence-corrected chi connectivity index (χ1v) is 6.90. The Morgan fingerprint density at radius 1 is 1.28 bits per heavy atom. The Kier molecular flexibility index (Phi) is 4.43. The van der Waals surface area contributed by atoms with Crippen molar-refractivity contribution in [3.63, 3.8) is 0 Å². The molecule has 1 aliphatic heterocycles. The van der Waals surface area contributed by atoms with Crippen molar-refractivity contribution in [1.82, 2.24) is 4.90 Å². The number of hydrogen-bond donors (Lipinski definition) is 1. The van der Waals surface area contributed by atoms with Gasteiger partial charge in [-0.3, -0.25) is 0 Å². The average molecular weight is 284 g/mol. The third-order valence-corrected chi connectivity index (χ3v) is 3.82. The van der Waals surface area contributed by atoms with E-state index in [9.17, 15) is 0 Å². The molecule has 0 atom stereocenters. The lowest BCUT2D eigenvalue weighted by Gasteiger charge is -2.25. The minimum atomic E-state index is 0.369. The van der Waals surface area contributed by atoms with Gasteiger partial charge in [0.2, 0.25) is 0 Å². The van der Waals surface area contributed by atoms with Gasteiger partial charge in [0.25, 0.3) is 0 Å². The zero-order valence-electron chi connectivity index (χ0n) is 10.5. The number of nitrogens with zero attached hydrogens (tertiary/aromatic N) is 2. The molecule has 1 saturated heterocycles. The minimum absolute atomic E-state index is 0.369. The standard InChI is InChI=1S/C13H18ClN3S/c1-16-6-3-7-17(9-8-16)11-5-2-4-10(14)12(11)13(15)18/h2,4-5H,3,6-9H2,1H3,(H2,15,18). The van der Waals surface area contributed by atoms with Crippen molar-refractivity contribution in [2.45, 2.75) is 6.42 Å². The van der Waals surface area contributed by atoms with Crippen LogP contribution in [0.5, 0.6) is 0 Å². The van der Waals surface area contributed by atoms with Crippen LogP contribution in [0.3, 0.4) is 0 Å². The normalized spacial score (nSPS) is 17.6. The Bertz CT molecular complexity index is 450. The SMILES string of the molecule is CN1CCCN(c2cccc(Cl)c2C(N)=S)CC1. The molecule has 2 rings (SSSR count). The molecule has 1 aromatic rings. The number of thiocarbonyl (C=S) groups is 1. The van der Waals surface area contributed by atoms with Crippen LogP contribution in [-0.4, -0.2) is 43.1 Å². The maximum atomic E-state index is 6.21. The highest BCUT2D eigenvalue weighted by Crippen LogP contribution is 2.28. The summed E-state index contributed by atoms with van der Waals surface area (Å²) in [7, 11) is 2.15. The predicted molar refractivity (Wildman–Crippen MR) is 81.7 cm³/mol. The summed E-state index contributed by atoms with van der Waals surface area (Å²) in [4.78, 5) is 5.03. The molecule has 0 unspecified atom stereocenters. The fourth-order valence-corrected chi connectivity index (χ4v) is 2.85. The predicted octanol–water partition coefficient (Wildman–Crippen LogP) is 2.12. The molecule has 1 aliphatic rings. The number of nitrogens with two attached hydrogens (primary N) is 1. The molecule has 5 heteroatoms. The van der Waals surface area contributed by atoms with Gasteiger partial charge in [0.15, 0.2) is 0 Å². The average Bonchev–Trinajstić information content (AvgIpc) is 2.53. The maximum absolute atomic E-state index is 6.21. The van der Waals surface area contributed by atoms with E-state index in [1.165, 1.54) is 0 Å². The molecule has 1 fully saturated rings. The van der Waals surface area contributed by atoms with E-state index in [-0.39, 0.29) is 0 Å². The fourth-order valence-electron chi connectivity index (χ4n) is 2.31. The van der Waals surface area contributed by atoms with Crippen LogP contribution in [0.4, 0.5) is 5.69 Å². The highest BCUT2D eigenvalue weighted by Gasteiger charge is 2.18. The Hall–Kier alpha value is -0.840. The molecule has 1 heterocycles. The van der Waals surface area contributed by atoms with E-state index in [1.54, 1.807) is 0 Å². The first-order valence-electron chi connectivity index (χ1n) is 6.11. The number of anilines is 1. The van der Waals surface area contributed by atoms with Crippen LogP contribution in [0.15, 0.2) is 18.2 Å². The van der Waals surface area contributed by atoms with Crippen molar-refractivity contribution in [1.29, 1.82) is 0 Å². The van der Waals surface area contributed by atoms with Crippen LogP contribution in [-0.2, 0) is 0 Å². The second-order valence-corrected chi connectivity index (χ2v) is 5.49. The first-order chi connectivity index (χ1) is 8.59. The van der Waals surface area contributed by atoms with Crippen molar-refractivity contribution in [3.05, 3.63) is 28.8 Å². The van der Waals surface area contributed by atoms with E-state index < -0.39 is 0 Å². The summed E-state index contributed by atoms with van der Waals surface area (Å²) >= 11 is 11.3. The van der Waals surface area contributed by atoms with Crippen molar-refractivity contribution in [3.8, 4) is 0 Å². The molecule has 18 heavy (non-hydrogen) atoms. The molecular weight excluding hydrogens is 266 g/mol. The molecule has 0 saturated carbocycles. The fraction of sp³-hybridized carbons (Fsp3) is 0.462. The van der Waals surface area contributed by atoms with E-state index in [1.807, 2.05) is 18.2 Å². The smallest absolute Gasteiger partial charge is 0.107 e. The lowest BCUT2D eigenvalue weighted by Crippen LogP contribution is -2.30. The van der Waals surface area contributed by atoms with Crippen LogP contribution >= 0.6 is 23.8 Å². The third-order valence-electron chi connectivity index (χ3n) is 3.30. The van der Waals surface area contributed by atoms with Crippen LogP contribution in [0, 0.1) is 0 Å². The van der Waals surface area contributed by atoms with Gasteiger partial charge in [0.05, 0.1) is 10.6 Å². The number of halogens is 1. The van der Waals surface area contributed by atoms with Gasteiger partial charge >= 0.3 is 0 Å². The largest absolute Gasteiger partial charge is 0.389 e. The summed E-state index contributed by atoms with van der Waals surface area (Å²) < 4.78 is 0. The van der Waals surface area contributed by atoms with Crippen molar-refractivity contribution >= 4 is 34.5 Å².